The van der Waals surface area contributed by atoms with Gasteiger partial charge in [-0.05, 0) is 59.5 Å². The summed E-state index contributed by atoms with van der Waals surface area (Å²) in [5, 5.41) is 3.38. The summed E-state index contributed by atoms with van der Waals surface area (Å²) < 4.78 is 34.6. The topological polar surface area (TPSA) is 96.0 Å². The minimum Gasteiger partial charge on any atom is -0.497 e. The Morgan fingerprint density at radius 1 is 0.826 bits per heavy atom. The average molecular weight is 683 g/mol. The number of benzene rings is 4. The highest BCUT2D eigenvalue weighted by Gasteiger charge is 2.35. The number of nitrogens with one attached hydrogen (secondary N) is 1. The van der Waals surface area contributed by atoms with Gasteiger partial charge in [0.2, 0.25) is 11.8 Å². The van der Waals surface area contributed by atoms with Crippen molar-refractivity contribution in [2.45, 2.75) is 37.8 Å². The zero-order chi connectivity index (χ0) is 33.3. The monoisotopic (exact) mass is 681 g/mol. The van der Waals surface area contributed by atoms with Gasteiger partial charge >= 0.3 is 0 Å². The molecule has 1 N–H and O–H groups in total. The molecule has 0 aliphatic carbocycles. The molecule has 8 nitrogen and oxygen atoms in total. The maximum atomic E-state index is 14.6. The van der Waals surface area contributed by atoms with Crippen molar-refractivity contribution < 1.29 is 22.7 Å². The van der Waals surface area contributed by atoms with Gasteiger partial charge in [-0.1, -0.05) is 97.7 Å². The zero-order valence-electron chi connectivity index (χ0n) is 25.9. The number of ether oxygens (including phenoxy) is 1. The summed E-state index contributed by atoms with van der Waals surface area (Å²) in [7, 11) is -2.73. The third-order valence-electron chi connectivity index (χ3n) is 7.19. The summed E-state index contributed by atoms with van der Waals surface area (Å²) in [6.45, 7) is 3.75. The van der Waals surface area contributed by atoms with Crippen LogP contribution in [0.2, 0.25) is 10.0 Å². The van der Waals surface area contributed by atoms with Crippen LogP contribution < -0.4 is 14.4 Å². The molecule has 4 aromatic carbocycles. The Bertz CT molecular complexity index is 1720. The van der Waals surface area contributed by atoms with E-state index >= 15 is 0 Å². The molecule has 2 amide bonds. The second-order valence-electron chi connectivity index (χ2n) is 11.2. The highest BCUT2D eigenvalue weighted by atomic mass is 35.5. The molecule has 0 fully saturated rings. The van der Waals surface area contributed by atoms with Crippen LogP contribution in [-0.2, 0) is 32.6 Å². The second kappa shape index (κ2) is 16.0. The molecule has 46 heavy (non-hydrogen) atoms. The number of anilines is 1. The Morgan fingerprint density at radius 2 is 1.43 bits per heavy atom. The van der Waals surface area contributed by atoms with Gasteiger partial charge in [0.1, 0.15) is 18.3 Å². The molecule has 4 rings (SSSR count). The summed E-state index contributed by atoms with van der Waals surface area (Å²) in [6.07, 6.45) is 0.203. The van der Waals surface area contributed by atoms with E-state index in [0.717, 1.165) is 9.87 Å². The van der Waals surface area contributed by atoms with E-state index in [2.05, 4.69) is 5.32 Å². The molecular weight excluding hydrogens is 645 g/mol. The summed E-state index contributed by atoms with van der Waals surface area (Å²) >= 11 is 12.6. The third kappa shape index (κ3) is 9.25. The van der Waals surface area contributed by atoms with Crippen molar-refractivity contribution >= 4 is 50.7 Å². The Labute approximate surface area is 280 Å². The van der Waals surface area contributed by atoms with Crippen molar-refractivity contribution in [2.24, 2.45) is 5.92 Å². The van der Waals surface area contributed by atoms with Crippen LogP contribution in [0.5, 0.6) is 5.75 Å². The van der Waals surface area contributed by atoms with Crippen molar-refractivity contribution in [2.75, 3.05) is 24.5 Å². The predicted molar refractivity (Wildman–Crippen MR) is 183 cm³/mol. The summed E-state index contributed by atoms with van der Waals surface area (Å²) in [5.41, 5.74) is 1.65. The lowest BCUT2D eigenvalue weighted by atomic mass is 10.0. The summed E-state index contributed by atoms with van der Waals surface area (Å²) in [6, 6.07) is 27.7. The Kier molecular flexibility index (Phi) is 12.1. The van der Waals surface area contributed by atoms with E-state index < -0.39 is 28.5 Å². The average Bonchev–Trinajstić information content (AvgIpc) is 3.04. The number of carbonyl (C=O) groups excluding carboxylic acids is 2. The zero-order valence-corrected chi connectivity index (χ0v) is 28.2. The molecule has 0 aromatic heterocycles. The fourth-order valence-corrected chi connectivity index (χ4v) is 6.81. The molecule has 242 valence electrons. The highest BCUT2D eigenvalue weighted by Crippen LogP contribution is 2.30. The largest absolute Gasteiger partial charge is 0.497 e. The number of hydrogen-bond acceptors (Lipinski definition) is 5. The summed E-state index contributed by atoms with van der Waals surface area (Å²) in [5.74, 6) is -0.199. The van der Waals surface area contributed by atoms with Crippen LogP contribution in [0.3, 0.4) is 0 Å². The van der Waals surface area contributed by atoms with E-state index in [-0.39, 0.29) is 45.4 Å². The van der Waals surface area contributed by atoms with Gasteiger partial charge in [-0.3, -0.25) is 13.9 Å². The van der Waals surface area contributed by atoms with E-state index in [4.69, 9.17) is 27.9 Å². The SMILES string of the molecule is COc1cccc(CN(C(=O)CN(c2cc(Cl)cc(Cl)c2)S(=O)(=O)c2ccccc2)[C@H](Cc2ccccc2)C(=O)NCC(C)C)c1. The number of hydrogen-bond donors (Lipinski definition) is 1. The summed E-state index contributed by atoms with van der Waals surface area (Å²) in [4.78, 5) is 29.8. The van der Waals surface area contributed by atoms with Crippen LogP contribution in [0.15, 0.2) is 108 Å². The molecule has 0 radical (unpaired) electrons. The van der Waals surface area contributed by atoms with Crippen molar-refractivity contribution in [3.63, 3.8) is 0 Å². The van der Waals surface area contributed by atoms with Crippen LogP contribution in [0.1, 0.15) is 25.0 Å². The van der Waals surface area contributed by atoms with E-state index in [1.165, 1.54) is 35.2 Å². The quantitative estimate of drug-likeness (QED) is 0.162. The minimum atomic E-state index is -4.28. The maximum Gasteiger partial charge on any atom is 0.264 e. The van der Waals surface area contributed by atoms with Crippen molar-refractivity contribution in [3.05, 3.63) is 124 Å². The number of nitrogens with zero attached hydrogens (tertiary/aromatic N) is 2. The number of sulfonamides is 1. The van der Waals surface area contributed by atoms with E-state index in [0.29, 0.717) is 17.9 Å². The van der Waals surface area contributed by atoms with Crippen molar-refractivity contribution in [1.29, 1.82) is 0 Å². The molecule has 0 aliphatic rings. The Balaban J connectivity index is 1.82. The smallest absolute Gasteiger partial charge is 0.264 e. The van der Waals surface area contributed by atoms with Gasteiger partial charge in [0.05, 0.1) is 17.7 Å². The third-order valence-corrected chi connectivity index (χ3v) is 9.41. The van der Waals surface area contributed by atoms with Gasteiger partial charge in [0.15, 0.2) is 0 Å². The van der Waals surface area contributed by atoms with Gasteiger partial charge in [0.25, 0.3) is 10.0 Å². The fraction of sp³-hybridized carbons (Fsp3) is 0.257. The van der Waals surface area contributed by atoms with Crippen LogP contribution in [0.4, 0.5) is 5.69 Å². The first kappa shape index (κ1) is 34.8. The van der Waals surface area contributed by atoms with Gasteiger partial charge in [-0.15, -0.1) is 0 Å². The highest BCUT2D eigenvalue weighted by molar-refractivity contribution is 7.92. The number of rotatable bonds is 14. The van der Waals surface area contributed by atoms with Crippen LogP contribution in [0.25, 0.3) is 0 Å². The molecule has 0 spiro atoms. The second-order valence-corrected chi connectivity index (χ2v) is 13.9. The van der Waals surface area contributed by atoms with Crippen LogP contribution in [-0.4, -0.2) is 51.4 Å². The van der Waals surface area contributed by atoms with Gasteiger partial charge < -0.3 is 15.0 Å². The van der Waals surface area contributed by atoms with Crippen LogP contribution in [0, 0.1) is 5.92 Å². The first-order valence-corrected chi connectivity index (χ1v) is 17.0. The predicted octanol–water partition coefficient (Wildman–Crippen LogP) is 6.61. The van der Waals surface area contributed by atoms with E-state index in [1.54, 1.807) is 43.5 Å². The van der Waals surface area contributed by atoms with Gasteiger partial charge in [-0.2, -0.15) is 0 Å². The minimum absolute atomic E-state index is 0.0121. The molecule has 0 unspecified atom stereocenters. The molecule has 0 heterocycles. The van der Waals surface area contributed by atoms with Gasteiger partial charge in [-0.25, -0.2) is 8.42 Å². The lowest BCUT2D eigenvalue weighted by molar-refractivity contribution is -0.140. The molecule has 1 atom stereocenters. The molecule has 0 bridgehead atoms. The Hall–Kier alpha value is -4.05. The molecule has 11 heteroatoms. The number of halogens is 2. The van der Waals surface area contributed by atoms with Crippen LogP contribution >= 0.6 is 23.2 Å². The maximum absolute atomic E-state index is 14.6. The lowest BCUT2D eigenvalue weighted by Crippen LogP contribution is -2.53. The van der Waals surface area contributed by atoms with E-state index in [1.807, 2.05) is 50.2 Å². The fourth-order valence-electron chi connectivity index (χ4n) is 4.88. The lowest BCUT2D eigenvalue weighted by Gasteiger charge is -2.34. The van der Waals surface area contributed by atoms with E-state index in [9.17, 15) is 18.0 Å². The molecule has 4 aromatic rings. The standard InChI is InChI=1S/C35H37Cl2N3O5S/c1-25(2)22-38-35(42)33(18-26-11-6-4-7-12-26)39(23-27-13-10-14-31(17-27)45-3)34(41)24-40(30-20-28(36)19-29(37)21-30)46(43,44)32-15-8-5-9-16-32/h4-17,19-21,25,33H,18,22-24H2,1-3H3,(H,38,42)/t33-/m1/s1. The number of amides is 2. The van der Waals surface area contributed by atoms with Crippen molar-refractivity contribution in [3.8, 4) is 5.75 Å². The first-order chi connectivity index (χ1) is 22.0. The molecule has 0 saturated carbocycles. The molecule has 0 aliphatic heterocycles. The normalized spacial score (nSPS) is 12.0. The molecular formula is C35H37Cl2N3O5S. The number of carbonyl (C=O) groups is 2. The first-order valence-electron chi connectivity index (χ1n) is 14.8. The van der Waals surface area contributed by atoms with Gasteiger partial charge in [0, 0.05) is 29.6 Å². The Morgan fingerprint density at radius 3 is 2.04 bits per heavy atom. The van der Waals surface area contributed by atoms with Crippen molar-refractivity contribution in [1.82, 2.24) is 10.2 Å². The molecule has 0 saturated heterocycles. The number of methoxy groups -OCH3 is 1.